The fourth-order valence-electron chi connectivity index (χ4n) is 3.51. The maximum atomic E-state index is 12.6. The maximum Gasteiger partial charge on any atom is 0.240 e. The number of anilines is 1. The standard InChI is InChI=1S/C17H19N5O2/c23-14(20-17(8-3-9-17)16-18-11-19-21-16)10-22-13-5-2-1-4-12(13)6-7-15(22)24/h1-2,4-5,11H,3,6-10H2,(H,20,23)(H,18,19,21). The van der Waals surface area contributed by atoms with Crippen molar-refractivity contribution in [3.8, 4) is 0 Å². The van der Waals surface area contributed by atoms with Gasteiger partial charge in [-0.15, -0.1) is 0 Å². The molecule has 0 radical (unpaired) electrons. The summed E-state index contributed by atoms with van der Waals surface area (Å²) in [6.07, 6.45) is 5.32. The number of carbonyl (C=O) groups excluding carboxylic acids is 2. The minimum Gasteiger partial charge on any atom is -0.342 e. The van der Waals surface area contributed by atoms with E-state index in [0.29, 0.717) is 12.2 Å². The second-order valence-electron chi connectivity index (χ2n) is 6.43. The predicted octanol–water partition coefficient (Wildman–Crippen LogP) is 1.28. The average molecular weight is 325 g/mol. The minimum atomic E-state index is -0.466. The Bertz CT molecular complexity index is 767. The highest BCUT2D eigenvalue weighted by atomic mass is 16.2. The van der Waals surface area contributed by atoms with E-state index in [1.165, 1.54) is 6.33 Å². The number of nitrogens with zero attached hydrogens (tertiary/aromatic N) is 3. The van der Waals surface area contributed by atoms with Crippen LogP contribution in [0.3, 0.4) is 0 Å². The molecule has 7 heteroatoms. The molecule has 24 heavy (non-hydrogen) atoms. The van der Waals surface area contributed by atoms with Crippen molar-refractivity contribution in [1.29, 1.82) is 0 Å². The van der Waals surface area contributed by atoms with Crippen LogP contribution in [-0.4, -0.2) is 33.5 Å². The SMILES string of the molecule is O=C(CN1C(=O)CCc2ccccc21)NC1(c2ncn[nH]2)CCC1. The molecule has 0 atom stereocenters. The molecule has 2 heterocycles. The largest absolute Gasteiger partial charge is 0.342 e. The van der Waals surface area contributed by atoms with Gasteiger partial charge in [-0.1, -0.05) is 18.2 Å². The molecule has 0 saturated heterocycles. The molecule has 0 bridgehead atoms. The van der Waals surface area contributed by atoms with Gasteiger partial charge in [-0.05, 0) is 37.3 Å². The normalized spacial score (nSPS) is 18.7. The number of aromatic nitrogens is 3. The molecule has 7 nitrogen and oxygen atoms in total. The van der Waals surface area contributed by atoms with E-state index in [-0.39, 0.29) is 18.4 Å². The van der Waals surface area contributed by atoms with Gasteiger partial charge in [0.1, 0.15) is 18.7 Å². The van der Waals surface area contributed by atoms with Gasteiger partial charge in [0.05, 0.1) is 5.54 Å². The summed E-state index contributed by atoms with van der Waals surface area (Å²) in [5, 5.41) is 9.80. The lowest BCUT2D eigenvalue weighted by Gasteiger charge is -2.41. The van der Waals surface area contributed by atoms with Crippen LogP contribution in [0.1, 0.15) is 37.1 Å². The molecule has 4 rings (SSSR count). The summed E-state index contributed by atoms with van der Waals surface area (Å²) in [6, 6.07) is 7.76. The Morgan fingerprint density at radius 3 is 2.83 bits per heavy atom. The summed E-state index contributed by atoms with van der Waals surface area (Å²) < 4.78 is 0. The summed E-state index contributed by atoms with van der Waals surface area (Å²) in [4.78, 5) is 30.7. The van der Waals surface area contributed by atoms with Crippen molar-refractivity contribution < 1.29 is 9.59 Å². The van der Waals surface area contributed by atoms with Crippen LogP contribution in [0, 0.1) is 0 Å². The van der Waals surface area contributed by atoms with E-state index in [0.717, 1.165) is 36.9 Å². The smallest absolute Gasteiger partial charge is 0.240 e. The van der Waals surface area contributed by atoms with E-state index in [1.54, 1.807) is 4.90 Å². The first kappa shape index (κ1) is 14.9. The minimum absolute atomic E-state index is 0.00817. The lowest BCUT2D eigenvalue weighted by atomic mass is 9.76. The molecule has 1 aliphatic heterocycles. The van der Waals surface area contributed by atoms with Gasteiger partial charge < -0.3 is 10.2 Å². The van der Waals surface area contributed by atoms with Crippen molar-refractivity contribution in [2.75, 3.05) is 11.4 Å². The third kappa shape index (κ3) is 2.46. The van der Waals surface area contributed by atoms with Gasteiger partial charge >= 0.3 is 0 Å². The topological polar surface area (TPSA) is 91.0 Å². The zero-order chi connectivity index (χ0) is 16.6. The van der Waals surface area contributed by atoms with Crippen molar-refractivity contribution in [3.05, 3.63) is 42.0 Å². The van der Waals surface area contributed by atoms with Crippen molar-refractivity contribution in [1.82, 2.24) is 20.5 Å². The third-order valence-electron chi connectivity index (χ3n) is 4.95. The Hall–Kier alpha value is -2.70. The highest BCUT2D eigenvalue weighted by Crippen LogP contribution is 2.39. The number of para-hydroxylation sites is 1. The Morgan fingerprint density at radius 1 is 1.29 bits per heavy atom. The number of amides is 2. The van der Waals surface area contributed by atoms with Crippen molar-refractivity contribution >= 4 is 17.5 Å². The quantitative estimate of drug-likeness (QED) is 0.886. The zero-order valence-electron chi connectivity index (χ0n) is 13.3. The summed E-state index contributed by atoms with van der Waals surface area (Å²) in [7, 11) is 0. The number of carbonyl (C=O) groups is 2. The van der Waals surface area contributed by atoms with Crippen LogP contribution in [0.15, 0.2) is 30.6 Å². The van der Waals surface area contributed by atoms with Crippen LogP contribution in [0.25, 0.3) is 0 Å². The lowest BCUT2D eigenvalue weighted by molar-refractivity contribution is -0.126. The second-order valence-corrected chi connectivity index (χ2v) is 6.43. The first-order valence-electron chi connectivity index (χ1n) is 8.23. The Balaban J connectivity index is 1.51. The van der Waals surface area contributed by atoms with Crippen LogP contribution in [0.2, 0.25) is 0 Å². The summed E-state index contributed by atoms with van der Waals surface area (Å²) in [5.74, 6) is 0.509. The number of rotatable bonds is 4. The highest BCUT2D eigenvalue weighted by Gasteiger charge is 2.43. The number of benzene rings is 1. The Morgan fingerprint density at radius 2 is 2.12 bits per heavy atom. The van der Waals surface area contributed by atoms with E-state index in [2.05, 4.69) is 20.5 Å². The third-order valence-corrected chi connectivity index (χ3v) is 4.95. The van der Waals surface area contributed by atoms with Crippen molar-refractivity contribution in [3.63, 3.8) is 0 Å². The molecule has 0 spiro atoms. The predicted molar refractivity (Wildman–Crippen MR) is 87.2 cm³/mol. The monoisotopic (exact) mass is 325 g/mol. The summed E-state index contributed by atoms with van der Waals surface area (Å²) in [6.45, 7) is 0.0335. The number of hydrogen-bond acceptors (Lipinski definition) is 4. The first-order chi connectivity index (χ1) is 11.7. The van der Waals surface area contributed by atoms with Gasteiger partial charge in [0, 0.05) is 12.1 Å². The lowest BCUT2D eigenvalue weighted by Crippen LogP contribution is -2.54. The van der Waals surface area contributed by atoms with Crippen LogP contribution >= 0.6 is 0 Å². The van der Waals surface area contributed by atoms with E-state index in [1.807, 2.05) is 24.3 Å². The average Bonchev–Trinajstić information content (AvgIpc) is 3.08. The fourth-order valence-corrected chi connectivity index (χ4v) is 3.51. The van der Waals surface area contributed by atoms with Crippen molar-refractivity contribution in [2.24, 2.45) is 0 Å². The molecule has 2 N–H and O–H groups in total. The summed E-state index contributed by atoms with van der Waals surface area (Å²) in [5.41, 5.74) is 1.48. The number of hydrogen-bond donors (Lipinski definition) is 2. The number of fused-ring (bicyclic) bond motifs is 1. The van der Waals surface area contributed by atoms with Crippen LogP contribution < -0.4 is 10.2 Å². The Kier molecular flexibility index (Phi) is 3.55. The van der Waals surface area contributed by atoms with Crippen LogP contribution in [0.4, 0.5) is 5.69 Å². The second kappa shape index (κ2) is 5.74. The van der Waals surface area contributed by atoms with Gasteiger partial charge in [0.15, 0.2) is 0 Å². The van der Waals surface area contributed by atoms with Crippen LogP contribution in [0.5, 0.6) is 0 Å². The molecule has 1 fully saturated rings. The zero-order valence-corrected chi connectivity index (χ0v) is 13.3. The van der Waals surface area contributed by atoms with Gasteiger partial charge in [-0.25, -0.2) is 4.98 Å². The molecule has 2 aliphatic rings. The van der Waals surface area contributed by atoms with Crippen molar-refractivity contribution in [2.45, 2.75) is 37.6 Å². The van der Waals surface area contributed by atoms with Gasteiger partial charge in [-0.3, -0.25) is 14.7 Å². The molecule has 1 aromatic carbocycles. The van der Waals surface area contributed by atoms with E-state index < -0.39 is 5.54 Å². The molecule has 2 amide bonds. The molecule has 1 aliphatic carbocycles. The Labute approximate surface area is 139 Å². The van der Waals surface area contributed by atoms with E-state index in [4.69, 9.17) is 0 Å². The molecule has 1 saturated carbocycles. The van der Waals surface area contributed by atoms with Gasteiger partial charge in [-0.2, -0.15) is 5.10 Å². The molecular weight excluding hydrogens is 306 g/mol. The molecule has 2 aromatic rings. The number of H-pyrrole nitrogens is 1. The van der Waals surface area contributed by atoms with E-state index >= 15 is 0 Å². The van der Waals surface area contributed by atoms with Crippen LogP contribution in [-0.2, 0) is 21.5 Å². The molecule has 0 unspecified atom stereocenters. The summed E-state index contributed by atoms with van der Waals surface area (Å²) >= 11 is 0. The molecule has 1 aromatic heterocycles. The van der Waals surface area contributed by atoms with E-state index in [9.17, 15) is 9.59 Å². The van der Waals surface area contributed by atoms with Gasteiger partial charge in [0.2, 0.25) is 11.8 Å². The number of nitrogens with one attached hydrogen (secondary N) is 2. The number of aryl methyl sites for hydroxylation is 1. The molecule has 124 valence electrons. The van der Waals surface area contributed by atoms with Gasteiger partial charge in [0.25, 0.3) is 0 Å². The number of aromatic amines is 1. The highest BCUT2D eigenvalue weighted by molar-refractivity contribution is 6.01. The molecular formula is C17H19N5O2. The first-order valence-corrected chi connectivity index (χ1v) is 8.23. The fraction of sp³-hybridized carbons (Fsp3) is 0.412. The maximum absolute atomic E-state index is 12.6.